The van der Waals surface area contributed by atoms with Crippen LogP contribution in [0.25, 0.3) is 0 Å². The predicted molar refractivity (Wildman–Crippen MR) is 67.6 cm³/mol. The number of nitrogens with zero attached hydrogens (tertiary/aromatic N) is 1. The molecule has 1 amide bonds. The van der Waals surface area contributed by atoms with Crippen LogP contribution < -0.4 is 5.32 Å². The lowest BCUT2D eigenvalue weighted by atomic mass is 9.74. The normalized spacial score (nSPS) is 40.3. The third kappa shape index (κ3) is 2.35. The van der Waals surface area contributed by atoms with E-state index in [0.29, 0.717) is 17.9 Å². The highest BCUT2D eigenvalue weighted by Crippen LogP contribution is 2.37. The van der Waals surface area contributed by atoms with Crippen molar-refractivity contribution in [1.82, 2.24) is 10.2 Å². The van der Waals surface area contributed by atoms with Crippen LogP contribution in [0.3, 0.4) is 0 Å². The summed E-state index contributed by atoms with van der Waals surface area (Å²) in [4.78, 5) is 14.3. The summed E-state index contributed by atoms with van der Waals surface area (Å²) in [6, 6.07) is 0.624. The molecule has 4 unspecified atom stereocenters. The average molecular weight is 236 g/mol. The van der Waals surface area contributed by atoms with Gasteiger partial charge in [0.05, 0.1) is 0 Å². The van der Waals surface area contributed by atoms with E-state index < -0.39 is 0 Å². The number of hydrogen-bond acceptors (Lipinski definition) is 2. The molecule has 1 aliphatic carbocycles. The lowest BCUT2D eigenvalue weighted by molar-refractivity contribution is -0.122. The maximum Gasteiger partial charge on any atom is 0.223 e. The van der Waals surface area contributed by atoms with Crippen LogP contribution in [-0.2, 0) is 4.79 Å². The molecule has 2 bridgehead atoms. The van der Waals surface area contributed by atoms with Gasteiger partial charge in [-0.2, -0.15) is 0 Å². The van der Waals surface area contributed by atoms with Crippen molar-refractivity contribution in [1.29, 1.82) is 0 Å². The largest absolute Gasteiger partial charge is 0.354 e. The standard InChI is InChI=1S/C14H24N2O/c1-2-10-9-16-6-5-12(10)7-13(16)8-15-14(17)11-3-4-11/h10-13H,2-9H2,1H3,(H,15,17). The van der Waals surface area contributed by atoms with Crippen molar-refractivity contribution in [3.8, 4) is 0 Å². The van der Waals surface area contributed by atoms with Crippen LogP contribution in [0.5, 0.6) is 0 Å². The first-order chi connectivity index (χ1) is 8.28. The summed E-state index contributed by atoms with van der Waals surface area (Å²) in [5.41, 5.74) is 0. The van der Waals surface area contributed by atoms with Gasteiger partial charge in [-0.25, -0.2) is 0 Å². The first-order valence-electron chi connectivity index (χ1n) is 7.29. The van der Waals surface area contributed by atoms with Crippen LogP contribution in [0.1, 0.15) is 39.0 Å². The molecule has 3 aliphatic heterocycles. The smallest absolute Gasteiger partial charge is 0.223 e. The van der Waals surface area contributed by atoms with Gasteiger partial charge < -0.3 is 5.32 Å². The Bertz CT molecular complexity index is 301. The molecule has 0 aromatic carbocycles. The fourth-order valence-corrected chi connectivity index (χ4v) is 3.63. The Hall–Kier alpha value is -0.570. The van der Waals surface area contributed by atoms with Gasteiger partial charge in [-0.1, -0.05) is 13.3 Å². The Morgan fingerprint density at radius 2 is 2.18 bits per heavy atom. The van der Waals surface area contributed by atoms with E-state index in [-0.39, 0.29) is 0 Å². The molecule has 3 heteroatoms. The first kappa shape index (κ1) is 11.5. The fourth-order valence-electron chi connectivity index (χ4n) is 3.63. The monoisotopic (exact) mass is 236 g/mol. The van der Waals surface area contributed by atoms with Gasteiger partial charge in [0.15, 0.2) is 0 Å². The minimum absolute atomic E-state index is 0.305. The van der Waals surface area contributed by atoms with Gasteiger partial charge in [-0.3, -0.25) is 9.69 Å². The fraction of sp³-hybridized carbons (Fsp3) is 0.929. The van der Waals surface area contributed by atoms with Crippen molar-refractivity contribution in [3.63, 3.8) is 0 Å². The quantitative estimate of drug-likeness (QED) is 0.804. The molecule has 4 aliphatic rings. The van der Waals surface area contributed by atoms with Crippen LogP contribution in [0, 0.1) is 17.8 Å². The molecule has 96 valence electrons. The maximum atomic E-state index is 11.6. The summed E-state index contributed by atoms with van der Waals surface area (Å²) in [7, 11) is 0. The second-order valence-electron chi connectivity index (χ2n) is 6.12. The summed E-state index contributed by atoms with van der Waals surface area (Å²) in [6.45, 7) is 5.73. The Morgan fingerprint density at radius 1 is 1.35 bits per heavy atom. The van der Waals surface area contributed by atoms with Gasteiger partial charge in [-0.15, -0.1) is 0 Å². The molecule has 0 aromatic heterocycles. The van der Waals surface area contributed by atoms with Crippen LogP contribution in [-0.4, -0.2) is 36.5 Å². The summed E-state index contributed by atoms with van der Waals surface area (Å²) in [6.07, 6.45) is 6.23. The van der Waals surface area contributed by atoms with E-state index >= 15 is 0 Å². The van der Waals surface area contributed by atoms with E-state index in [1.54, 1.807) is 0 Å². The third-order valence-corrected chi connectivity index (χ3v) is 5.00. The Balaban J connectivity index is 1.50. The van der Waals surface area contributed by atoms with Gasteiger partial charge in [0.2, 0.25) is 5.91 Å². The summed E-state index contributed by atoms with van der Waals surface area (Å²) >= 11 is 0. The van der Waals surface area contributed by atoms with E-state index in [2.05, 4.69) is 17.1 Å². The van der Waals surface area contributed by atoms with Crippen LogP contribution in [0.2, 0.25) is 0 Å². The molecule has 4 rings (SSSR count). The second kappa shape index (κ2) is 4.60. The highest BCUT2D eigenvalue weighted by atomic mass is 16.2. The molecule has 1 N–H and O–H groups in total. The average Bonchev–Trinajstić information content (AvgIpc) is 3.20. The molecule has 0 radical (unpaired) electrons. The topological polar surface area (TPSA) is 32.3 Å². The first-order valence-corrected chi connectivity index (χ1v) is 7.29. The minimum atomic E-state index is 0.305. The van der Waals surface area contributed by atoms with Crippen molar-refractivity contribution in [3.05, 3.63) is 0 Å². The summed E-state index contributed by atoms with van der Waals surface area (Å²) in [5.74, 6) is 2.50. The van der Waals surface area contributed by atoms with Crippen LogP contribution in [0.4, 0.5) is 0 Å². The van der Waals surface area contributed by atoms with E-state index in [0.717, 1.165) is 31.2 Å². The molecule has 3 heterocycles. The van der Waals surface area contributed by atoms with Gasteiger partial charge >= 0.3 is 0 Å². The van der Waals surface area contributed by atoms with Gasteiger partial charge in [0, 0.05) is 25.0 Å². The molecule has 1 saturated carbocycles. The van der Waals surface area contributed by atoms with Gasteiger partial charge in [-0.05, 0) is 44.1 Å². The molecular weight excluding hydrogens is 212 g/mol. The third-order valence-electron chi connectivity index (χ3n) is 5.00. The zero-order valence-electron chi connectivity index (χ0n) is 10.8. The molecule has 3 saturated heterocycles. The molecule has 3 nitrogen and oxygen atoms in total. The zero-order chi connectivity index (χ0) is 11.8. The number of amides is 1. The number of rotatable bonds is 4. The van der Waals surface area contributed by atoms with E-state index in [4.69, 9.17) is 0 Å². The van der Waals surface area contributed by atoms with Crippen LogP contribution >= 0.6 is 0 Å². The lowest BCUT2D eigenvalue weighted by Crippen LogP contribution is -2.56. The number of piperidine rings is 3. The predicted octanol–water partition coefficient (Wildman–Crippen LogP) is 1.63. The number of carbonyl (C=O) groups excluding carboxylic acids is 1. The van der Waals surface area contributed by atoms with Crippen molar-refractivity contribution < 1.29 is 4.79 Å². The van der Waals surface area contributed by atoms with Gasteiger partial charge in [0.25, 0.3) is 0 Å². The second-order valence-corrected chi connectivity index (χ2v) is 6.12. The SMILES string of the molecule is CCC1CN2CCC1CC2CNC(=O)C1CC1. The van der Waals surface area contributed by atoms with Gasteiger partial charge in [0.1, 0.15) is 0 Å². The molecule has 0 aromatic rings. The molecule has 17 heavy (non-hydrogen) atoms. The number of nitrogens with one attached hydrogen (secondary N) is 1. The Morgan fingerprint density at radius 3 is 2.76 bits per heavy atom. The van der Waals surface area contributed by atoms with Crippen LogP contribution in [0.15, 0.2) is 0 Å². The highest BCUT2D eigenvalue weighted by Gasteiger charge is 2.39. The molecule has 4 atom stereocenters. The Labute approximate surface area is 104 Å². The number of hydrogen-bond donors (Lipinski definition) is 1. The van der Waals surface area contributed by atoms with E-state index in [1.165, 1.54) is 32.4 Å². The number of fused-ring (bicyclic) bond motifs is 3. The Kier molecular flexibility index (Phi) is 3.12. The molecule has 0 spiro atoms. The maximum absolute atomic E-state index is 11.6. The van der Waals surface area contributed by atoms with Crippen molar-refractivity contribution in [2.75, 3.05) is 19.6 Å². The molecular formula is C14H24N2O. The van der Waals surface area contributed by atoms with Crippen molar-refractivity contribution >= 4 is 5.91 Å². The molecule has 4 fully saturated rings. The van der Waals surface area contributed by atoms with Crippen molar-refractivity contribution in [2.24, 2.45) is 17.8 Å². The number of carbonyl (C=O) groups is 1. The van der Waals surface area contributed by atoms with E-state index in [1.807, 2.05) is 0 Å². The van der Waals surface area contributed by atoms with E-state index in [9.17, 15) is 4.79 Å². The zero-order valence-corrected chi connectivity index (χ0v) is 10.8. The summed E-state index contributed by atoms with van der Waals surface area (Å²) < 4.78 is 0. The van der Waals surface area contributed by atoms with Crippen molar-refractivity contribution in [2.45, 2.75) is 45.1 Å². The lowest BCUT2D eigenvalue weighted by Gasteiger charge is -2.50. The summed E-state index contributed by atoms with van der Waals surface area (Å²) in [5, 5.41) is 3.15. The highest BCUT2D eigenvalue weighted by molar-refractivity contribution is 5.80. The minimum Gasteiger partial charge on any atom is -0.354 e.